The molecule has 3 atom stereocenters. The van der Waals surface area contributed by atoms with Gasteiger partial charge in [-0.2, -0.15) is 0 Å². The van der Waals surface area contributed by atoms with Gasteiger partial charge in [-0.25, -0.2) is 0 Å². The molecule has 0 aromatic carbocycles. The molecule has 3 unspecified atom stereocenters. The van der Waals surface area contributed by atoms with Crippen molar-refractivity contribution in [3.05, 3.63) is 12.7 Å². The van der Waals surface area contributed by atoms with Gasteiger partial charge in [-0.1, -0.05) is 39.7 Å². The van der Waals surface area contributed by atoms with Crippen LogP contribution in [0.4, 0.5) is 0 Å². The third-order valence-corrected chi connectivity index (χ3v) is 3.66. The molecule has 70 valence electrons. The first-order chi connectivity index (χ1) is 5.57. The van der Waals surface area contributed by atoms with Gasteiger partial charge in [0, 0.05) is 0 Å². The van der Waals surface area contributed by atoms with Crippen molar-refractivity contribution in [2.45, 2.75) is 46.5 Å². The molecule has 1 saturated carbocycles. The second-order valence-corrected chi connectivity index (χ2v) is 4.91. The monoisotopic (exact) mass is 166 g/mol. The summed E-state index contributed by atoms with van der Waals surface area (Å²) in [4.78, 5) is 0. The zero-order chi connectivity index (χ0) is 9.19. The van der Waals surface area contributed by atoms with Crippen LogP contribution in [0, 0.1) is 17.3 Å². The summed E-state index contributed by atoms with van der Waals surface area (Å²) in [7, 11) is 0. The number of rotatable bonds is 1. The average molecular weight is 166 g/mol. The maximum Gasteiger partial charge on any atom is -0.0147 e. The van der Waals surface area contributed by atoms with Gasteiger partial charge in [-0.3, -0.25) is 0 Å². The van der Waals surface area contributed by atoms with Crippen LogP contribution in [0.5, 0.6) is 0 Å². The smallest absolute Gasteiger partial charge is 0.0147 e. The summed E-state index contributed by atoms with van der Waals surface area (Å²) in [6.07, 6.45) is 7.63. The molecule has 1 aliphatic carbocycles. The molecule has 0 saturated heterocycles. The average Bonchev–Trinajstić information content (AvgIpc) is 2.14. The first kappa shape index (κ1) is 9.83. The van der Waals surface area contributed by atoms with E-state index in [1.165, 1.54) is 25.7 Å². The van der Waals surface area contributed by atoms with Crippen molar-refractivity contribution >= 4 is 0 Å². The van der Waals surface area contributed by atoms with Crippen LogP contribution in [0.15, 0.2) is 12.7 Å². The lowest BCUT2D eigenvalue weighted by Gasteiger charge is -2.27. The predicted octanol–water partition coefficient (Wildman–Crippen LogP) is 4.02. The van der Waals surface area contributed by atoms with Crippen LogP contribution in [-0.4, -0.2) is 0 Å². The van der Waals surface area contributed by atoms with E-state index in [4.69, 9.17) is 0 Å². The van der Waals surface area contributed by atoms with Crippen LogP contribution in [0.3, 0.4) is 0 Å². The summed E-state index contributed by atoms with van der Waals surface area (Å²) >= 11 is 0. The van der Waals surface area contributed by atoms with Crippen LogP contribution >= 0.6 is 0 Å². The summed E-state index contributed by atoms with van der Waals surface area (Å²) in [5, 5.41) is 0. The Kier molecular flexibility index (Phi) is 2.98. The fourth-order valence-electron chi connectivity index (χ4n) is 2.34. The molecule has 0 amide bonds. The van der Waals surface area contributed by atoms with Gasteiger partial charge in [0.1, 0.15) is 0 Å². The van der Waals surface area contributed by atoms with Gasteiger partial charge in [-0.05, 0) is 30.1 Å². The van der Waals surface area contributed by atoms with E-state index in [1.807, 2.05) is 0 Å². The van der Waals surface area contributed by atoms with Crippen molar-refractivity contribution in [1.82, 2.24) is 0 Å². The fraction of sp³-hybridized carbons (Fsp3) is 0.833. The maximum atomic E-state index is 3.96. The highest BCUT2D eigenvalue weighted by Crippen LogP contribution is 2.40. The largest absolute Gasteiger partial charge is 0.103 e. The molecule has 0 heteroatoms. The number of hydrogen-bond acceptors (Lipinski definition) is 0. The predicted molar refractivity (Wildman–Crippen MR) is 55.1 cm³/mol. The van der Waals surface area contributed by atoms with E-state index in [9.17, 15) is 0 Å². The Balaban J connectivity index is 2.65. The summed E-state index contributed by atoms with van der Waals surface area (Å²) in [5.41, 5.74) is 0.421. The number of allylic oxidation sites excluding steroid dienone is 1. The lowest BCUT2D eigenvalue weighted by molar-refractivity contribution is 0.287. The highest BCUT2D eigenvalue weighted by atomic mass is 14.3. The highest BCUT2D eigenvalue weighted by molar-refractivity contribution is 4.94. The molecule has 0 spiro atoms. The zero-order valence-electron chi connectivity index (χ0n) is 8.77. The minimum Gasteiger partial charge on any atom is -0.103 e. The van der Waals surface area contributed by atoms with Gasteiger partial charge in [0.05, 0.1) is 0 Å². The van der Waals surface area contributed by atoms with E-state index in [-0.39, 0.29) is 0 Å². The Labute approximate surface area is 77.1 Å². The zero-order valence-corrected chi connectivity index (χ0v) is 8.77. The van der Waals surface area contributed by atoms with Crippen molar-refractivity contribution in [3.8, 4) is 0 Å². The molecule has 1 fully saturated rings. The molecule has 1 aliphatic rings. The second kappa shape index (κ2) is 3.64. The molecule has 0 aliphatic heterocycles. The van der Waals surface area contributed by atoms with Gasteiger partial charge in [0.25, 0.3) is 0 Å². The molecule has 0 heterocycles. The van der Waals surface area contributed by atoms with Crippen LogP contribution in [0.25, 0.3) is 0 Å². The van der Waals surface area contributed by atoms with E-state index in [0.29, 0.717) is 5.41 Å². The molecule has 0 aromatic heterocycles. The Hall–Kier alpha value is -0.260. The van der Waals surface area contributed by atoms with E-state index in [1.54, 1.807) is 0 Å². The quantitative estimate of drug-likeness (QED) is 0.407. The van der Waals surface area contributed by atoms with E-state index in [2.05, 4.69) is 33.4 Å². The Morgan fingerprint density at radius 3 is 2.58 bits per heavy atom. The molecular formula is C12H22. The lowest BCUT2D eigenvalue weighted by Crippen LogP contribution is -2.16. The van der Waals surface area contributed by atoms with Crippen LogP contribution < -0.4 is 0 Å². The molecular weight excluding hydrogens is 144 g/mol. The SMILES string of the molecule is C=CC1(C)CCCC(C)C(C)C1. The van der Waals surface area contributed by atoms with E-state index in [0.717, 1.165) is 11.8 Å². The summed E-state index contributed by atoms with van der Waals surface area (Å²) in [5.74, 6) is 1.78. The van der Waals surface area contributed by atoms with Gasteiger partial charge >= 0.3 is 0 Å². The Bertz CT molecular complexity index is 159. The standard InChI is InChI=1S/C12H22/c1-5-12(4)8-6-7-10(2)11(3)9-12/h5,10-11H,1,6-9H2,2-4H3. The molecule has 0 aromatic rings. The minimum atomic E-state index is 0.421. The van der Waals surface area contributed by atoms with Crippen molar-refractivity contribution < 1.29 is 0 Å². The third kappa shape index (κ3) is 2.12. The fourth-order valence-corrected chi connectivity index (χ4v) is 2.34. The molecule has 0 radical (unpaired) electrons. The van der Waals surface area contributed by atoms with Crippen LogP contribution in [0.2, 0.25) is 0 Å². The first-order valence-corrected chi connectivity index (χ1v) is 5.21. The van der Waals surface area contributed by atoms with Crippen molar-refractivity contribution in [1.29, 1.82) is 0 Å². The first-order valence-electron chi connectivity index (χ1n) is 5.21. The van der Waals surface area contributed by atoms with Gasteiger partial charge in [0.2, 0.25) is 0 Å². The highest BCUT2D eigenvalue weighted by Gasteiger charge is 2.28. The summed E-state index contributed by atoms with van der Waals surface area (Å²) < 4.78 is 0. The van der Waals surface area contributed by atoms with E-state index >= 15 is 0 Å². The molecule has 0 bridgehead atoms. The van der Waals surface area contributed by atoms with Gasteiger partial charge in [0.15, 0.2) is 0 Å². The van der Waals surface area contributed by atoms with Gasteiger partial charge < -0.3 is 0 Å². The van der Waals surface area contributed by atoms with Crippen molar-refractivity contribution in [3.63, 3.8) is 0 Å². The van der Waals surface area contributed by atoms with E-state index < -0.39 is 0 Å². The lowest BCUT2D eigenvalue weighted by atomic mass is 9.78. The maximum absolute atomic E-state index is 3.96. The van der Waals surface area contributed by atoms with Crippen molar-refractivity contribution in [2.75, 3.05) is 0 Å². The Morgan fingerprint density at radius 1 is 1.33 bits per heavy atom. The normalized spacial score (nSPS) is 43.6. The topological polar surface area (TPSA) is 0 Å². The molecule has 1 rings (SSSR count). The second-order valence-electron chi connectivity index (χ2n) is 4.91. The molecule has 12 heavy (non-hydrogen) atoms. The summed E-state index contributed by atoms with van der Waals surface area (Å²) in [6.45, 7) is 11.1. The van der Waals surface area contributed by atoms with Gasteiger partial charge in [-0.15, -0.1) is 6.58 Å². The summed E-state index contributed by atoms with van der Waals surface area (Å²) in [6, 6.07) is 0. The van der Waals surface area contributed by atoms with Crippen molar-refractivity contribution in [2.24, 2.45) is 17.3 Å². The van der Waals surface area contributed by atoms with Crippen LogP contribution in [-0.2, 0) is 0 Å². The molecule has 0 N–H and O–H groups in total. The van der Waals surface area contributed by atoms with Crippen LogP contribution in [0.1, 0.15) is 46.5 Å². The Morgan fingerprint density at radius 2 is 2.00 bits per heavy atom. The third-order valence-electron chi connectivity index (χ3n) is 3.66. The number of hydrogen-bond donors (Lipinski definition) is 0. The minimum absolute atomic E-state index is 0.421. The molecule has 0 nitrogen and oxygen atoms in total.